The normalized spacial score (nSPS) is 19.2. The second-order valence-corrected chi connectivity index (χ2v) is 5.04. The van der Waals surface area contributed by atoms with Gasteiger partial charge in [-0.15, -0.1) is 0 Å². The Morgan fingerprint density at radius 1 is 1.42 bits per heavy atom. The summed E-state index contributed by atoms with van der Waals surface area (Å²) in [7, 11) is 2.10. The Balaban J connectivity index is 2.18. The first-order valence-electron chi connectivity index (χ1n) is 6.48. The molecule has 0 aromatic carbocycles. The zero-order chi connectivity index (χ0) is 13.8. The lowest BCUT2D eigenvalue weighted by Crippen LogP contribution is -2.46. The van der Waals surface area contributed by atoms with E-state index in [4.69, 9.17) is 11.5 Å². The lowest BCUT2D eigenvalue weighted by atomic mass is 10.1. The van der Waals surface area contributed by atoms with Crippen LogP contribution in [0.15, 0.2) is 18.3 Å². The highest BCUT2D eigenvalue weighted by Gasteiger charge is 2.26. The summed E-state index contributed by atoms with van der Waals surface area (Å²) < 4.78 is 0. The number of nitrogens with two attached hydrogens (primary N) is 2. The number of carbonyl (C=O) groups excluding carboxylic acids is 1. The van der Waals surface area contributed by atoms with Crippen LogP contribution in [0.1, 0.15) is 18.2 Å². The molecule has 1 amide bonds. The molecule has 0 saturated carbocycles. The van der Waals surface area contributed by atoms with Gasteiger partial charge in [0.05, 0.1) is 11.7 Å². The molecule has 2 rings (SSSR count). The van der Waals surface area contributed by atoms with Gasteiger partial charge in [-0.25, -0.2) is 0 Å². The Hall–Kier alpha value is -1.66. The van der Waals surface area contributed by atoms with E-state index in [1.54, 1.807) is 12.3 Å². The molecule has 1 saturated heterocycles. The smallest absolute Gasteiger partial charge is 0.219 e. The third-order valence-electron chi connectivity index (χ3n) is 3.52. The van der Waals surface area contributed by atoms with Gasteiger partial charge in [-0.3, -0.25) is 14.7 Å². The van der Waals surface area contributed by atoms with Crippen LogP contribution in [0.3, 0.4) is 0 Å². The average molecular weight is 263 g/mol. The van der Waals surface area contributed by atoms with E-state index in [0.29, 0.717) is 5.69 Å². The second kappa shape index (κ2) is 5.99. The summed E-state index contributed by atoms with van der Waals surface area (Å²) in [5, 5.41) is 0. The standard InChI is InChI=1S/C13H21N5O/c1-17-4-6-18(7-5-17)12(9-13(15)19)11-8-10(14)2-3-16-11/h2-3,8,12H,4-7,9H2,1H3,(H2,14,16)(H2,15,19). The zero-order valence-corrected chi connectivity index (χ0v) is 11.2. The van der Waals surface area contributed by atoms with Gasteiger partial charge in [-0.1, -0.05) is 0 Å². The number of aromatic nitrogens is 1. The van der Waals surface area contributed by atoms with Crippen molar-refractivity contribution in [3.05, 3.63) is 24.0 Å². The summed E-state index contributed by atoms with van der Waals surface area (Å²) in [6.45, 7) is 3.78. The number of likely N-dealkylation sites (N-methyl/N-ethyl adjacent to an activating group) is 1. The Bertz CT molecular complexity index is 442. The molecule has 0 aliphatic carbocycles. The van der Waals surface area contributed by atoms with Crippen LogP contribution in [0, 0.1) is 0 Å². The number of nitrogen functional groups attached to an aromatic ring is 1. The van der Waals surface area contributed by atoms with Crippen molar-refractivity contribution in [1.82, 2.24) is 14.8 Å². The molecule has 19 heavy (non-hydrogen) atoms. The van der Waals surface area contributed by atoms with E-state index in [1.165, 1.54) is 0 Å². The highest BCUT2D eigenvalue weighted by atomic mass is 16.1. The SMILES string of the molecule is CN1CCN(C(CC(N)=O)c2cc(N)ccn2)CC1. The van der Waals surface area contributed by atoms with Gasteiger partial charge in [0.2, 0.25) is 5.91 Å². The van der Waals surface area contributed by atoms with Crippen LogP contribution in [0.25, 0.3) is 0 Å². The molecule has 0 bridgehead atoms. The molecule has 1 aromatic rings. The van der Waals surface area contributed by atoms with E-state index in [9.17, 15) is 4.79 Å². The fourth-order valence-corrected chi connectivity index (χ4v) is 2.39. The van der Waals surface area contributed by atoms with Gasteiger partial charge in [0.15, 0.2) is 0 Å². The molecular formula is C13H21N5O. The van der Waals surface area contributed by atoms with Gasteiger partial charge in [0, 0.05) is 44.5 Å². The highest BCUT2D eigenvalue weighted by molar-refractivity contribution is 5.74. The molecule has 6 nitrogen and oxygen atoms in total. The first kappa shape index (κ1) is 13.8. The third kappa shape index (κ3) is 3.65. The number of amides is 1. The van der Waals surface area contributed by atoms with Crippen molar-refractivity contribution in [3.8, 4) is 0 Å². The zero-order valence-electron chi connectivity index (χ0n) is 11.2. The number of pyridine rings is 1. The Morgan fingerprint density at radius 3 is 2.68 bits per heavy atom. The monoisotopic (exact) mass is 263 g/mol. The maximum absolute atomic E-state index is 11.3. The van der Waals surface area contributed by atoms with Gasteiger partial charge in [0.25, 0.3) is 0 Å². The van der Waals surface area contributed by atoms with Crippen LogP contribution in [0.2, 0.25) is 0 Å². The number of primary amides is 1. The quantitative estimate of drug-likeness (QED) is 0.787. The number of hydrogen-bond donors (Lipinski definition) is 2. The van der Waals surface area contributed by atoms with E-state index in [-0.39, 0.29) is 18.4 Å². The number of rotatable bonds is 4. The van der Waals surface area contributed by atoms with Gasteiger partial charge in [-0.05, 0) is 19.2 Å². The number of piperazine rings is 1. The number of carbonyl (C=O) groups is 1. The molecule has 1 aliphatic rings. The largest absolute Gasteiger partial charge is 0.399 e. The summed E-state index contributed by atoms with van der Waals surface area (Å²) in [5.74, 6) is -0.312. The molecule has 6 heteroatoms. The average Bonchev–Trinajstić information content (AvgIpc) is 2.37. The van der Waals surface area contributed by atoms with E-state index in [0.717, 1.165) is 31.9 Å². The molecule has 1 atom stereocenters. The molecular weight excluding hydrogens is 242 g/mol. The predicted molar refractivity (Wildman–Crippen MR) is 74.3 cm³/mol. The first-order chi connectivity index (χ1) is 9.06. The fraction of sp³-hybridized carbons (Fsp3) is 0.538. The van der Waals surface area contributed by atoms with Crippen molar-refractivity contribution in [2.75, 3.05) is 39.0 Å². The van der Waals surface area contributed by atoms with Crippen LogP contribution in [-0.4, -0.2) is 53.9 Å². The molecule has 1 aromatic heterocycles. The van der Waals surface area contributed by atoms with Crippen molar-refractivity contribution in [3.63, 3.8) is 0 Å². The van der Waals surface area contributed by atoms with Gasteiger partial charge in [-0.2, -0.15) is 0 Å². The van der Waals surface area contributed by atoms with Gasteiger partial charge < -0.3 is 16.4 Å². The van der Waals surface area contributed by atoms with Crippen LogP contribution in [0.5, 0.6) is 0 Å². The fourth-order valence-electron chi connectivity index (χ4n) is 2.39. The van der Waals surface area contributed by atoms with E-state index in [2.05, 4.69) is 21.8 Å². The lowest BCUT2D eigenvalue weighted by molar-refractivity contribution is -0.119. The van der Waals surface area contributed by atoms with Crippen molar-refractivity contribution in [1.29, 1.82) is 0 Å². The van der Waals surface area contributed by atoms with E-state index in [1.807, 2.05) is 6.07 Å². The molecule has 2 heterocycles. The molecule has 0 spiro atoms. The van der Waals surface area contributed by atoms with Crippen molar-refractivity contribution < 1.29 is 4.79 Å². The predicted octanol–water partition coefficient (Wildman–Crippen LogP) is -0.172. The van der Waals surface area contributed by atoms with Crippen LogP contribution < -0.4 is 11.5 Å². The minimum absolute atomic E-state index is 0.0744. The Kier molecular flexibility index (Phi) is 4.34. The summed E-state index contributed by atoms with van der Waals surface area (Å²) in [5.41, 5.74) is 12.6. The van der Waals surface area contributed by atoms with Crippen LogP contribution in [0.4, 0.5) is 5.69 Å². The summed E-state index contributed by atoms with van der Waals surface area (Å²) in [6, 6.07) is 3.50. The molecule has 1 fully saturated rings. The summed E-state index contributed by atoms with van der Waals surface area (Å²) in [4.78, 5) is 20.2. The third-order valence-corrected chi connectivity index (χ3v) is 3.52. The highest BCUT2D eigenvalue weighted by Crippen LogP contribution is 2.24. The Labute approximate surface area is 113 Å². The van der Waals surface area contributed by atoms with Crippen LogP contribution in [-0.2, 0) is 4.79 Å². The van der Waals surface area contributed by atoms with Crippen molar-refractivity contribution in [2.24, 2.45) is 5.73 Å². The van der Waals surface area contributed by atoms with Gasteiger partial charge in [0.1, 0.15) is 0 Å². The summed E-state index contributed by atoms with van der Waals surface area (Å²) in [6.07, 6.45) is 1.95. The van der Waals surface area contributed by atoms with E-state index >= 15 is 0 Å². The molecule has 4 N–H and O–H groups in total. The molecule has 1 unspecified atom stereocenters. The molecule has 1 aliphatic heterocycles. The lowest BCUT2D eigenvalue weighted by Gasteiger charge is -2.37. The number of anilines is 1. The minimum atomic E-state index is -0.312. The second-order valence-electron chi connectivity index (χ2n) is 5.04. The van der Waals surface area contributed by atoms with Crippen molar-refractivity contribution in [2.45, 2.75) is 12.5 Å². The Morgan fingerprint density at radius 2 is 2.11 bits per heavy atom. The number of nitrogens with zero attached hydrogens (tertiary/aromatic N) is 3. The first-order valence-corrected chi connectivity index (χ1v) is 6.48. The van der Waals surface area contributed by atoms with Crippen LogP contribution >= 0.6 is 0 Å². The molecule has 104 valence electrons. The van der Waals surface area contributed by atoms with Crippen molar-refractivity contribution >= 4 is 11.6 Å². The van der Waals surface area contributed by atoms with E-state index < -0.39 is 0 Å². The molecule has 0 radical (unpaired) electrons. The summed E-state index contributed by atoms with van der Waals surface area (Å²) >= 11 is 0. The minimum Gasteiger partial charge on any atom is -0.399 e. The topological polar surface area (TPSA) is 88.5 Å². The number of hydrogen-bond acceptors (Lipinski definition) is 5. The van der Waals surface area contributed by atoms with Gasteiger partial charge >= 0.3 is 0 Å². The maximum Gasteiger partial charge on any atom is 0.219 e. The maximum atomic E-state index is 11.3.